The SMILES string of the molecule is CC(C)c1ccc(N2C(=O)NC3CCN(S(=O)(=O)c4ccc(Cl)cc4)C3C2=O)cc1. The van der Waals surface area contributed by atoms with Crippen LogP contribution in [0.5, 0.6) is 0 Å². The van der Waals surface area contributed by atoms with E-state index in [1.807, 2.05) is 12.1 Å². The Morgan fingerprint density at radius 2 is 1.67 bits per heavy atom. The van der Waals surface area contributed by atoms with Crippen molar-refractivity contribution in [2.75, 3.05) is 11.4 Å². The van der Waals surface area contributed by atoms with Crippen LogP contribution in [0.25, 0.3) is 0 Å². The number of imide groups is 1. The quantitative estimate of drug-likeness (QED) is 0.778. The van der Waals surface area contributed by atoms with Crippen molar-refractivity contribution in [3.8, 4) is 0 Å². The van der Waals surface area contributed by atoms with E-state index in [4.69, 9.17) is 11.6 Å². The van der Waals surface area contributed by atoms with Crippen LogP contribution in [0.3, 0.4) is 0 Å². The minimum absolute atomic E-state index is 0.0603. The number of rotatable bonds is 4. The third-order valence-electron chi connectivity index (χ3n) is 5.58. The molecule has 7 nitrogen and oxygen atoms in total. The monoisotopic (exact) mass is 447 g/mol. The summed E-state index contributed by atoms with van der Waals surface area (Å²) in [5, 5.41) is 3.22. The van der Waals surface area contributed by atoms with E-state index >= 15 is 0 Å². The Labute approximate surface area is 180 Å². The number of hydrogen-bond acceptors (Lipinski definition) is 4. The van der Waals surface area contributed by atoms with Crippen molar-refractivity contribution < 1.29 is 18.0 Å². The molecule has 2 atom stereocenters. The molecule has 3 amide bonds. The number of urea groups is 1. The highest BCUT2D eigenvalue weighted by molar-refractivity contribution is 7.89. The van der Waals surface area contributed by atoms with Crippen LogP contribution >= 0.6 is 11.6 Å². The summed E-state index contributed by atoms with van der Waals surface area (Å²) < 4.78 is 27.6. The third kappa shape index (κ3) is 3.49. The number of nitrogens with zero attached hydrogens (tertiary/aromatic N) is 2. The van der Waals surface area contributed by atoms with Gasteiger partial charge in [-0.05, 0) is 54.3 Å². The van der Waals surface area contributed by atoms with Gasteiger partial charge >= 0.3 is 6.03 Å². The lowest BCUT2D eigenvalue weighted by atomic mass is 10.0. The van der Waals surface area contributed by atoms with Gasteiger partial charge in [0, 0.05) is 11.6 Å². The van der Waals surface area contributed by atoms with Crippen molar-refractivity contribution in [2.45, 2.75) is 43.2 Å². The molecule has 2 heterocycles. The summed E-state index contributed by atoms with van der Waals surface area (Å²) in [5.74, 6) is -0.236. The van der Waals surface area contributed by atoms with Crippen molar-refractivity contribution in [3.63, 3.8) is 0 Å². The first kappa shape index (κ1) is 20.8. The molecule has 158 valence electrons. The van der Waals surface area contributed by atoms with Crippen LogP contribution < -0.4 is 10.2 Å². The van der Waals surface area contributed by atoms with E-state index in [9.17, 15) is 18.0 Å². The van der Waals surface area contributed by atoms with Crippen molar-refractivity contribution >= 4 is 39.2 Å². The predicted molar refractivity (Wildman–Crippen MR) is 114 cm³/mol. The maximum absolute atomic E-state index is 13.3. The highest BCUT2D eigenvalue weighted by atomic mass is 35.5. The van der Waals surface area contributed by atoms with Crippen LogP contribution in [-0.2, 0) is 14.8 Å². The fourth-order valence-corrected chi connectivity index (χ4v) is 5.69. The van der Waals surface area contributed by atoms with Crippen molar-refractivity contribution in [1.82, 2.24) is 9.62 Å². The number of amides is 3. The lowest BCUT2D eigenvalue weighted by Crippen LogP contribution is -2.64. The topological polar surface area (TPSA) is 86.8 Å². The van der Waals surface area contributed by atoms with Crippen LogP contribution in [0.2, 0.25) is 5.02 Å². The summed E-state index contributed by atoms with van der Waals surface area (Å²) in [4.78, 5) is 27.0. The first-order valence-electron chi connectivity index (χ1n) is 9.72. The molecule has 4 rings (SSSR count). The van der Waals surface area contributed by atoms with Crippen molar-refractivity contribution in [2.24, 2.45) is 0 Å². The smallest absolute Gasteiger partial charge is 0.329 e. The first-order chi connectivity index (χ1) is 14.2. The molecule has 0 aliphatic carbocycles. The summed E-state index contributed by atoms with van der Waals surface area (Å²) >= 11 is 5.87. The second-order valence-corrected chi connectivity index (χ2v) is 10.1. The Balaban J connectivity index is 1.67. The maximum Gasteiger partial charge on any atom is 0.329 e. The standard InChI is InChI=1S/C21H22ClN3O4S/c1-13(2)14-3-7-16(8-4-14)25-20(26)19-18(23-21(25)27)11-12-24(19)30(28,29)17-9-5-15(22)6-10-17/h3-10,13,18-19H,11-12H2,1-2H3,(H,23,27). The van der Waals surface area contributed by atoms with Gasteiger partial charge in [0.15, 0.2) is 0 Å². The molecule has 2 saturated heterocycles. The van der Waals surface area contributed by atoms with Crippen LogP contribution in [0.15, 0.2) is 53.4 Å². The lowest BCUT2D eigenvalue weighted by Gasteiger charge is -2.36. The fourth-order valence-electron chi connectivity index (χ4n) is 3.93. The summed E-state index contributed by atoms with van der Waals surface area (Å²) in [6.07, 6.45) is 0.370. The van der Waals surface area contributed by atoms with E-state index in [2.05, 4.69) is 19.2 Å². The maximum atomic E-state index is 13.3. The molecular weight excluding hydrogens is 426 g/mol. The van der Waals surface area contributed by atoms with Gasteiger partial charge in [0.05, 0.1) is 16.6 Å². The average Bonchev–Trinajstić information content (AvgIpc) is 3.13. The van der Waals surface area contributed by atoms with Gasteiger partial charge in [0.25, 0.3) is 5.91 Å². The lowest BCUT2D eigenvalue weighted by molar-refractivity contribution is -0.122. The molecule has 0 spiro atoms. The van der Waals surface area contributed by atoms with Gasteiger partial charge in [-0.2, -0.15) is 4.31 Å². The van der Waals surface area contributed by atoms with E-state index in [-0.39, 0.29) is 11.4 Å². The zero-order chi connectivity index (χ0) is 21.6. The molecule has 30 heavy (non-hydrogen) atoms. The molecule has 9 heteroatoms. The Morgan fingerprint density at radius 3 is 2.27 bits per heavy atom. The molecule has 0 saturated carbocycles. The number of hydrogen-bond donors (Lipinski definition) is 1. The van der Waals surface area contributed by atoms with E-state index in [1.165, 1.54) is 28.6 Å². The molecule has 2 aromatic carbocycles. The number of halogens is 1. The average molecular weight is 448 g/mol. The highest BCUT2D eigenvalue weighted by Crippen LogP contribution is 2.32. The summed E-state index contributed by atoms with van der Waals surface area (Å²) in [6.45, 7) is 4.25. The number of nitrogens with one attached hydrogen (secondary N) is 1. The third-order valence-corrected chi connectivity index (χ3v) is 7.72. The minimum atomic E-state index is -3.92. The number of fused-ring (bicyclic) bond motifs is 1. The molecule has 1 N–H and O–H groups in total. The number of sulfonamides is 1. The summed E-state index contributed by atoms with van der Waals surface area (Å²) in [5.41, 5.74) is 1.49. The highest BCUT2D eigenvalue weighted by Gasteiger charge is 2.52. The van der Waals surface area contributed by atoms with E-state index in [0.717, 1.165) is 10.5 Å². The van der Waals surface area contributed by atoms with Crippen molar-refractivity contribution in [1.29, 1.82) is 0 Å². The fraction of sp³-hybridized carbons (Fsp3) is 0.333. The normalized spacial score (nSPS) is 22.3. The van der Waals surface area contributed by atoms with E-state index in [0.29, 0.717) is 23.0 Å². The second-order valence-electron chi connectivity index (χ2n) is 7.78. The largest absolute Gasteiger partial charge is 0.332 e. The molecule has 2 aliphatic rings. The molecule has 2 unspecified atom stereocenters. The van der Waals surface area contributed by atoms with Gasteiger partial charge in [0.1, 0.15) is 6.04 Å². The summed E-state index contributed by atoms with van der Waals surface area (Å²) in [7, 11) is -3.92. The van der Waals surface area contributed by atoms with Gasteiger partial charge in [-0.15, -0.1) is 0 Å². The van der Waals surface area contributed by atoms with Gasteiger partial charge in [-0.25, -0.2) is 18.1 Å². The Bertz CT molecular complexity index is 1080. The molecule has 2 aliphatic heterocycles. The van der Waals surface area contributed by atoms with Crippen LogP contribution in [0.4, 0.5) is 10.5 Å². The molecule has 0 bridgehead atoms. The summed E-state index contributed by atoms with van der Waals surface area (Å²) in [6, 6.07) is 10.9. The molecule has 2 aromatic rings. The first-order valence-corrected chi connectivity index (χ1v) is 11.5. The molecule has 0 radical (unpaired) electrons. The van der Waals surface area contributed by atoms with E-state index < -0.39 is 34.0 Å². The number of carbonyl (C=O) groups excluding carboxylic acids is 2. The van der Waals surface area contributed by atoms with E-state index in [1.54, 1.807) is 12.1 Å². The molecule has 0 aromatic heterocycles. The Kier molecular flexibility index (Phi) is 5.34. The Morgan fingerprint density at radius 1 is 1.03 bits per heavy atom. The zero-order valence-corrected chi connectivity index (χ0v) is 18.2. The minimum Gasteiger partial charge on any atom is -0.332 e. The Hall–Kier alpha value is -2.42. The number of anilines is 1. The molecule has 2 fully saturated rings. The van der Waals surface area contributed by atoms with Crippen LogP contribution in [-0.4, -0.2) is 43.3 Å². The van der Waals surface area contributed by atoms with Gasteiger partial charge in [-0.1, -0.05) is 37.6 Å². The predicted octanol–water partition coefficient (Wildman–Crippen LogP) is 3.35. The number of carbonyl (C=O) groups is 2. The van der Waals surface area contributed by atoms with Crippen LogP contribution in [0.1, 0.15) is 31.7 Å². The van der Waals surface area contributed by atoms with Gasteiger partial charge in [-0.3, -0.25) is 4.79 Å². The molecular formula is C21H22ClN3O4S. The van der Waals surface area contributed by atoms with Gasteiger partial charge in [0.2, 0.25) is 10.0 Å². The van der Waals surface area contributed by atoms with Gasteiger partial charge < -0.3 is 5.32 Å². The number of benzene rings is 2. The zero-order valence-electron chi connectivity index (χ0n) is 16.6. The second kappa shape index (κ2) is 7.68. The van der Waals surface area contributed by atoms with Crippen molar-refractivity contribution in [3.05, 3.63) is 59.1 Å². The van der Waals surface area contributed by atoms with Crippen LogP contribution in [0, 0.1) is 0 Å².